The van der Waals surface area contributed by atoms with Crippen LogP contribution in [0.3, 0.4) is 0 Å². The zero-order valence-corrected chi connectivity index (χ0v) is 16.3. The second-order valence-electron chi connectivity index (χ2n) is 8.21. The average Bonchev–Trinajstić information content (AvgIpc) is 3.32. The van der Waals surface area contributed by atoms with Gasteiger partial charge in [0.2, 0.25) is 11.8 Å². The topological polar surface area (TPSA) is 104 Å². The van der Waals surface area contributed by atoms with E-state index in [2.05, 4.69) is 20.2 Å². The van der Waals surface area contributed by atoms with Crippen LogP contribution in [0, 0.1) is 11.8 Å². The van der Waals surface area contributed by atoms with E-state index in [1.807, 2.05) is 6.20 Å². The van der Waals surface area contributed by atoms with E-state index in [1.54, 1.807) is 13.3 Å². The second kappa shape index (κ2) is 9.46. The molecule has 1 aromatic heterocycles. The minimum Gasteiger partial charge on any atom is -0.351 e. The molecule has 7 nitrogen and oxygen atoms in total. The standard InChI is InChI=1S/C20H33N5O2/c1-14(21)19(26)24-20(27)18-10-16(15-6-3-2-4-7-15)12-25(18)9-5-8-17-11-22-13-23-17/h11,13-16,18H,2-10,12,21H2,1H3,(H,22,23)(H,24,26,27)/t14-,16?,18-/m0/s1. The number of imide groups is 1. The molecule has 7 heteroatoms. The summed E-state index contributed by atoms with van der Waals surface area (Å²) in [7, 11) is 0. The summed E-state index contributed by atoms with van der Waals surface area (Å²) in [5.41, 5.74) is 6.66. The maximum Gasteiger partial charge on any atom is 0.243 e. The van der Waals surface area contributed by atoms with Crippen LogP contribution in [0.5, 0.6) is 0 Å². The van der Waals surface area contributed by atoms with E-state index in [1.165, 1.54) is 32.1 Å². The molecule has 1 aliphatic carbocycles. The molecule has 3 atom stereocenters. The molecular weight excluding hydrogens is 342 g/mol. The lowest BCUT2D eigenvalue weighted by molar-refractivity contribution is -0.133. The Kier molecular flexibility index (Phi) is 7.01. The highest BCUT2D eigenvalue weighted by atomic mass is 16.2. The van der Waals surface area contributed by atoms with Crippen molar-refractivity contribution in [3.63, 3.8) is 0 Å². The number of aromatic nitrogens is 2. The van der Waals surface area contributed by atoms with Crippen molar-refractivity contribution in [1.29, 1.82) is 0 Å². The average molecular weight is 376 g/mol. The molecule has 1 aromatic rings. The van der Waals surface area contributed by atoms with Gasteiger partial charge in [-0.3, -0.25) is 19.8 Å². The van der Waals surface area contributed by atoms with Crippen molar-refractivity contribution in [1.82, 2.24) is 20.2 Å². The van der Waals surface area contributed by atoms with Gasteiger partial charge in [-0.25, -0.2) is 4.98 Å². The molecule has 150 valence electrons. The Morgan fingerprint density at radius 2 is 2.11 bits per heavy atom. The number of carbonyl (C=O) groups excluding carboxylic acids is 2. The predicted octanol–water partition coefficient (Wildman–Crippen LogP) is 1.60. The second-order valence-corrected chi connectivity index (χ2v) is 8.21. The van der Waals surface area contributed by atoms with Gasteiger partial charge in [-0.15, -0.1) is 0 Å². The lowest BCUT2D eigenvalue weighted by atomic mass is 9.79. The van der Waals surface area contributed by atoms with E-state index in [9.17, 15) is 9.59 Å². The highest BCUT2D eigenvalue weighted by molar-refractivity contribution is 5.99. The van der Waals surface area contributed by atoms with Crippen LogP contribution in [0.4, 0.5) is 0 Å². The number of amides is 2. The highest BCUT2D eigenvalue weighted by Gasteiger charge is 2.40. The zero-order chi connectivity index (χ0) is 19.2. The fourth-order valence-electron chi connectivity index (χ4n) is 4.62. The zero-order valence-electron chi connectivity index (χ0n) is 16.3. The normalized spacial score (nSPS) is 25.4. The number of H-pyrrole nitrogens is 1. The van der Waals surface area contributed by atoms with Crippen LogP contribution in [0.1, 0.15) is 57.6 Å². The number of imidazole rings is 1. The molecule has 2 amide bonds. The van der Waals surface area contributed by atoms with Gasteiger partial charge in [-0.2, -0.15) is 0 Å². The third-order valence-electron chi connectivity index (χ3n) is 6.15. The molecule has 0 aromatic carbocycles. The van der Waals surface area contributed by atoms with Gasteiger partial charge in [-0.1, -0.05) is 32.1 Å². The van der Waals surface area contributed by atoms with Crippen LogP contribution >= 0.6 is 0 Å². The summed E-state index contributed by atoms with van der Waals surface area (Å²) < 4.78 is 0. The van der Waals surface area contributed by atoms with E-state index < -0.39 is 11.9 Å². The van der Waals surface area contributed by atoms with Crippen LogP contribution in [-0.2, 0) is 16.0 Å². The Balaban J connectivity index is 1.60. The summed E-state index contributed by atoms with van der Waals surface area (Å²) in [6.07, 6.45) is 12.8. The molecule has 2 fully saturated rings. The van der Waals surface area contributed by atoms with Crippen LogP contribution < -0.4 is 11.1 Å². The molecule has 1 aliphatic heterocycles. The van der Waals surface area contributed by atoms with E-state index in [0.717, 1.165) is 44.0 Å². The Hall–Kier alpha value is -1.73. The first-order valence-corrected chi connectivity index (χ1v) is 10.4. The molecule has 0 bridgehead atoms. The van der Waals surface area contributed by atoms with Crippen LogP contribution in [-0.4, -0.2) is 51.9 Å². The van der Waals surface area contributed by atoms with Gasteiger partial charge in [0.25, 0.3) is 0 Å². The lowest BCUT2D eigenvalue weighted by Crippen LogP contribution is -2.49. The first-order chi connectivity index (χ1) is 13.0. The summed E-state index contributed by atoms with van der Waals surface area (Å²) in [5, 5.41) is 2.52. The van der Waals surface area contributed by atoms with Crippen molar-refractivity contribution in [2.75, 3.05) is 13.1 Å². The van der Waals surface area contributed by atoms with Crippen molar-refractivity contribution < 1.29 is 9.59 Å². The lowest BCUT2D eigenvalue weighted by Gasteiger charge is -2.27. The number of nitrogens with two attached hydrogens (primary N) is 1. The summed E-state index contributed by atoms with van der Waals surface area (Å²) in [4.78, 5) is 34.1. The van der Waals surface area contributed by atoms with Gasteiger partial charge < -0.3 is 10.7 Å². The molecule has 3 rings (SSSR count). The molecule has 0 spiro atoms. The Morgan fingerprint density at radius 3 is 2.78 bits per heavy atom. The summed E-state index contributed by atoms with van der Waals surface area (Å²) >= 11 is 0. The smallest absolute Gasteiger partial charge is 0.243 e. The number of likely N-dealkylation sites (tertiary alicyclic amines) is 1. The van der Waals surface area contributed by atoms with E-state index in [0.29, 0.717) is 5.92 Å². The Bertz CT molecular complexity index is 610. The number of carbonyl (C=O) groups is 2. The number of aryl methyl sites for hydroxylation is 1. The maximum atomic E-state index is 12.7. The monoisotopic (exact) mass is 375 g/mol. The number of rotatable bonds is 7. The molecule has 1 saturated carbocycles. The number of hydrogen-bond donors (Lipinski definition) is 3. The van der Waals surface area contributed by atoms with Gasteiger partial charge in [0, 0.05) is 12.7 Å². The number of nitrogens with zero attached hydrogens (tertiary/aromatic N) is 2. The van der Waals surface area contributed by atoms with E-state index in [4.69, 9.17) is 5.73 Å². The fourth-order valence-corrected chi connectivity index (χ4v) is 4.62. The van der Waals surface area contributed by atoms with Gasteiger partial charge in [0.05, 0.1) is 24.1 Å². The molecule has 2 aliphatic rings. The minimum atomic E-state index is -0.669. The number of hydrogen-bond acceptors (Lipinski definition) is 5. The van der Waals surface area contributed by atoms with Crippen LogP contribution in [0.15, 0.2) is 12.5 Å². The van der Waals surface area contributed by atoms with Gasteiger partial charge >= 0.3 is 0 Å². The number of aromatic amines is 1. The molecular formula is C20H33N5O2. The van der Waals surface area contributed by atoms with Crippen molar-refractivity contribution in [3.8, 4) is 0 Å². The largest absolute Gasteiger partial charge is 0.351 e. The fraction of sp³-hybridized carbons (Fsp3) is 0.750. The minimum absolute atomic E-state index is 0.185. The maximum absolute atomic E-state index is 12.7. The SMILES string of the molecule is C[C@H](N)C(=O)NC(=O)[C@@H]1CC(C2CCCCC2)CN1CCCc1c[nH]cn1. The van der Waals surface area contributed by atoms with Gasteiger partial charge in [0.1, 0.15) is 0 Å². The van der Waals surface area contributed by atoms with E-state index >= 15 is 0 Å². The number of nitrogens with one attached hydrogen (secondary N) is 2. The van der Waals surface area contributed by atoms with Crippen molar-refractivity contribution >= 4 is 11.8 Å². The third kappa shape index (κ3) is 5.39. The third-order valence-corrected chi connectivity index (χ3v) is 6.15. The van der Waals surface area contributed by atoms with Crippen LogP contribution in [0.2, 0.25) is 0 Å². The molecule has 27 heavy (non-hydrogen) atoms. The van der Waals surface area contributed by atoms with Crippen molar-refractivity contribution in [3.05, 3.63) is 18.2 Å². The Morgan fingerprint density at radius 1 is 1.33 bits per heavy atom. The summed E-state index contributed by atoms with van der Waals surface area (Å²) in [6.45, 7) is 3.40. The van der Waals surface area contributed by atoms with Crippen molar-refractivity contribution in [2.24, 2.45) is 17.6 Å². The Labute approximate surface area is 161 Å². The molecule has 2 heterocycles. The van der Waals surface area contributed by atoms with Gasteiger partial charge in [-0.05, 0) is 44.6 Å². The quantitative estimate of drug-likeness (QED) is 0.671. The molecule has 1 saturated heterocycles. The van der Waals surface area contributed by atoms with Crippen molar-refractivity contribution in [2.45, 2.75) is 70.4 Å². The van der Waals surface area contributed by atoms with E-state index in [-0.39, 0.29) is 11.9 Å². The van der Waals surface area contributed by atoms with Crippen LogP contribution in [0.25, 0.3) is 0 Å². The van der Waals surface area contributed by atoms with Gasteiger partial charge in [0.15, 0.2) is 0 Å². The summed E-state index contributed by atoms with van der Waals surface area (Å²) in [6, 6.07) is -0.892. The highest BCUT2D eigenvalue weighted by Crippen LogP contribution is 2.37. The molecule has 4 N–H and O–H groups in total. The predicted molar refractivity (Wildman–Crippen MR) is 104 cm³/mol. The molecule has 1 unspecified atom stereocenters. The molecule has 0 radical (unpaired) electrons. The first kappa shape index (κ1) is 20.0. The first-order valence-electron chi connectivity index (χ1n) is 10.4. The summed E-state index contributed by atoms with van der Waals surface area (Å²) in [5.74, 6) is 0.694.